The number of pyridine rings is 1. The van der Waals surface area contributed by atoms with Crippen molar-refractivity contribution in [3.05, 3.63) is 59.9 Å². The lowest BCUT2D eigenvalue weighted by Crippen LogP contribution is -2.62. The number of aromatic nitrogens is 1. The van der Waals surface area contributed by atoms with Crippen LogP contribution in [0.25, 0.3) is 0 Å². The van der Waals surface area contributed by atoms with E-state index < -0.39 is 12.1 Å². The number of benzene rings is 1. The predicted octanol–water partition coefficient (Wildman–Crippen LogP) is 2.11. The van der Waals surface area contributed by atoms with Crippen molar-refractivity contribution in [2.75, 3.05) is 19.7 Å². The van der Waals surface area contributed by atoms with Gasteiger partial charge in [0.05, 0.1) is 19.1 Å². The topological polar surface area (TPSA) is 72.0 Å². The number of carbonyl (C=O) groups excluding carboxylic acids is 2. The van der Waals surface area contributed by atoms with Gasteiger partial charge in [-0.2, -0.15) is 0 Å². The van der Waals surface area contributed by atoms with Crippen molar-refractivity contribution in [3.8, 4) is 5.75 Å². The predicted molar refractivity (Wildman–Crippen MR) is 109 cm³/mol. The number of hydrogen-bond acceptors (Lipinski definition) is 5. The summed E-state index contributed by atoms with van der Waals surface area (Å²) in [5.41, 5.74) is 2.02. The van der Waals surface area contributed by atoms with E-state index in [9.17, 15) is 9.59 Å². The highest BCUT2D eigenvalue weighted by Crippen LogP contribution is 2.40. The standard InChI is InChI=1S/C23H25N3O4/c1-15-4-8-18(9-5-15)30-19-12-25(13-19)23(28)22-21(16-3-2-10-24-11-16)26(17-6-7-17)20(27)14-29-22/h2-5,8-11,17,19,21-22H,6-7,12-14H2,1H3/t21-,22+/m1/s1. The second-order valence-electron chi connectivity index (χ2n) is 8.29. The third-order valence-electron chi connectivity index (χ3n) is 5.95. The van der Waals surface area contributed by atoms with Gasteiger partial charge in [0.25, 0.3) is 5.91 Å². The van der Waals surface area contributed by atoms with Gasteiger partial charge in [-0.15, -0.1) is 0 Å². The molecule has 1 aliphatic carbocycles. The van der Waals surface area contributed by atoms with Gasteiger partial charge < -0.3 is 19.3 Å². The van der Waals surface area contributed by atoms with E-state index >= 15 is 0 Å². The van der Waals surface area contributed by atoms with Crippen LogP contribution in [0.5, 0.6) is 5.75 Å². The fourth-order valence-corrected chi connectivity index (χ4v) is 4.19. The average Bonchev–Trinajstić information content (AvgIpc) is 3.57. The van der Waals surface area contributed by atoms with Gasteiger partial charge in [0.1, 0.15) is 18.5 Å². The zero-order chi connectivity index (χ0) is 20.7. The molecule has 3 aliphatic rings. The fourth-order valence-electron chi connectivity index (χ4n) is 4.19. The molecule has 3 heterocycles. The molecule has 7 heteroatoms. The second kappa shape index (κ2) is 7.72. The van der Waals surface area contributed by atoms with E-state index in [1.54, 1.807) is 17.3 Å². The van der Waals surface area contributed by atoms with Crippen LogP contribution in [0.1, 0.15) is 30.0 Å². The number of nitrogens with zero attached hydrogens (tertiary/aromatic N) is 3. The first-order valence-corrected chi connectivity index (χ1v) is 10.4. The number of aryl methyl sites for hydroxylation is 1. The molecule has 1 aromatic heterocycles. The van der Waals surface area contributed by atoms with Crippen molar-refractivity contribution < 1.29 is 19.1 Å². The Morgan fingerprint density at radius 1 is 1.17 bits per heavy atom. The zero-order valence-corrected chi connectivity index (χ0v) is 16.9. The molecular weight excluding hydrogens is 382 g/mol. The van der Waals surface area contributed by atoms with E-state index in [0.29, 0.717) is 13.1 Å². The Hall–Kier alpha value is -2.93. The molecule has 2 saturated heterocycles. The molecule has 2 aromatic rings. The maximum atomic E-state index is 13.3. The van der Waals surface area contributed by atoms with E-state index in [2.05, 4.69) is 4.98 Å². The molecule has 156 valence electrons. The van der Waals surface area contributed by atoms with Crippen molar-refractivity contribution in [3.63, 3.8) is 0 Å². The maximum absolute atomic E-state index is 13.3. The van der Waals surface area contributed by atoms with Gasteiger partial charge in [0, 0.05) is 18.4 Å². The molecule has 0 spiro atoms. The van der Waals surface area contributed by atoms with Crippen LogP contribution in [-0.2, 0) is 14.3 Å². The Morgan fingerprint density at radius 2 is 1.93 bits per heavy atom. The van der Waals surface area contributed by atoms with Gasteiger partial charge in [-0.1, -0.05) is 23.8 Å². The van der Waals surface area contributed by atoms with Crippen molar-refractivity contribution in [2.45, 2.75) is 44.1 Å². The lowest BCUT2D eigenvalue weighted by molar-refractivity contribution is -0.174. The highest BCUT2D eigenvalue weighted by Gasteiger charge is 2.49. The van der Waals surface area contributed by atoms with E-state index in [0.717, 1.165) is 24.2 Å². The van der Waals surface area contributed by atoms with Crippen LogP contribution < -0.4 is 4.74 Å². The summed E-state index contributed by atoms with van der Waals surface area (Å²) in [4.78, 5) is 33.7. The Kier molecular flexibility index (Phi) is 4.90. The summed E-state index contributed by atoms with van der Waals surface area (Å²) in [5.74, 6) is 0.663. The van der Waals surface area contributed by atoms with Crippen LogP contribution in [0.2, 0.25) is 0 Å². The lowest BCUT2D eigenvalue weighted by Gasteiger charge is -2.45. The SMILES string of the molecule is Cc1ccc(OC2CN(C(=O)[C@H]3OCC(=O)N(C4CC4)[C@@H]3c3cccnc3)C2)cc1. The highest BCUT2D eigenvalue weighted by molar-refractivity contribution is 5.87. The van der Waals surface area contributed by atoms with Crippen molar-refractivity contribution in [2.24, 2.45) is 0 Å². The molecule has 0 N–H and O–H groups in total. The molecule has 0 bridgehead atoms. The number of morpholine rings is 1. The number of rotatable bonds is 5. The maximum Gasteiger partial charge on any atom is 0.254 e. The third-order valence-corrected chi connectivity index (χ3v) is 5.95. The summed E-state index contributed by atoms with van der Waals surface area (Å²) in [6.07, 6.45) is 4.61. The fraction of sp³-hybridized carbons (Fsp3) is 0.435. The van der Waals surface area contributed by atoms with Gasteiger partial charge in [-0.25, -0.2) is 0 Å². The Labute approximate surface area is 175 Å². The number of ether oxygens (including phenoxy) is 2. The minimum atomic E-state index is -0.715. The van der Waals surface area contributed by atoms with Crippen molar-refractivity contribution in [1.82, 2.24) is 14.8 Å². The molecule has 5 rings (SSSR count). The smallest absolute Gasteiger partial charge is 0.254 e. The third kappa shape index (κ3) is 3.65. The molecule has 1 saturated carbocycles. The second-order valence-corrected chi connectivity index (χ2v) is 8.29. The highest BCUT2D eigenvalue weighted by atomic mass is 16.5. The van der Waals surface area contributed by atoms with Crippen LogP contribution in [0.15, 0.2) is 48.8 Å². The van der Waals surface area contributed by atoms with E-state index in [1.165, 1.54) is 5.56 Å². The van der Waals surface area contributed by atoms with Crippen molar-refractivity contribution >= 4 is 11.8 Å². The molecule has 30 heavy (non-hydrogen) atoms. The summed E-state index contributed by atoms with van der Waals surface area (Å²) < 4.78 is 11.8. The van der Waals surface area contributed by atoms with E-state index in [4.69, 9.17) is 9.47 Å². The molecule has 0 unspecified atom stereocenters. The first kappa shape index (κ1) is 19.1. The lowest BCUT2D eigenvalue weighted by atomic mass is 9.96. The summed E-state index contributed by atoms with van der Waals surface area (Å²) in [6.45, 7) is 3.01. The monoisotopic (exact) mass is 407 g/mol. The van der Waals surface area contributed by atoms with E-state index in [-0.39, 0.29) is 30.6 Å². The summed E-state index contributed by atoms with van der Waals surface area (Å²) in [7, 11) is 0. The first-order chi connectivity index (χ1) is 14.6. The number of carbonyl (C=O) groups is 2. The molecule has 2 atom stereocenters. The van der Waals surface area contributed by atoms with E-state index in [1.807, 2.05) is 48.2 Å². The average molecular weight is 407 g/mol. The Bertz CT molecular complexity index is 923. The van der Waals surface area contributed by atoms with Crippen LogP contribution in [0.4, 0.5) is 0 Å². The minimum Gasteiger partial charge on any atom is -0.487 e. The van der Waals surface area contributed by atoms with Crippen LogP contribution in [0, 0.1) is 6.92 Å². The zero-order valence-electron chi connectivity index (χ0n) is 16.9. The summed E-state index contributed by atoms with van der Waals surface area (Å²) in [5, 5.41) is 0. The van der Waals surface area contributed by atoms with Gasteiger partial charge in [-0.05, 0) is 43.5 Å². The van der Waals surface area contributed by atoms with Crippen molar-refractivity contribution in [1.29, 1.82) is 0 Å². The van der Waals surface area contributed by atoms with Crippen LogP contribution in [0.3, 0.4) is 0 Å². The molecular formula is C23H25N3O4. The first-order valence-electron chi connectivity index (χ1n) is 10.4. The Balaban J connectivity index is 1.29. The molecule has 3 fully saturated rings. The van der Waals surface area contributed by atoms with Crippen LogP contribution in [-0.4, -0.2) is 64.5 Å². The Morgan fingerprint density at radius 3 is 2.60 bits per heavy atom. The normalized spacial score (nSPS) is 24.5. The summed E-state index contributed by atoms with van der Waals surface area (Å²) in [6, 6.07) is 11.4. The number of hydrogen-bond donors (Lipinski definition) is 0. The van der Waals surface area contributed by atoms with Crippen LogP contribution >= 0.6 is 0 Å². The van der Waals surface area contributed by atoms with Gasteiger partial charge in [-0.3, -0.25) is 14.6 Å². The molecule has 0 radical (unpaired) electrons. The summed E-state index contributed by atoms with van der Waals surface area (Å²) >= 11 is 0. The number of likely N-dealkylation sites (tertiary alicyclic amines) is 1. The van der Waals surface area contributed by atoms with Gasteiger partial charge in [0.15, 0.2) is 6.10 Å². The quantitative estimate of drug-likeness (QED) is 0.759. The minimum absolute atomic E-state index is 0.0294. The molecule has 7 nitrogen and oxygen atoms in total. The molecule has 2 aliphatic heterocycles. The molecule has 2 amide bonds. The van der Waals surface area contributed by atoms with Gasteiger partial charge >= 0.3 is 0 Å². The number of amides is 2. The molecule has 1 aromatic carbocycles. The largest absolute Gasteiger partial charge is 0.487 e. The van der Waals surface area contributed by atoms with Gasteiger partial charge in [0.2, 0.25) is 5.91 Å².